The van der Waals surface area contributed by atoms with Crippen LogP contribution < -0.4 is 10.5 Å². The number of ether oxygens (including phenoxy) is 1. The summed E-state index contributed by atoms with van der Waals surface area (Å²) in [7, 11) is 0. The van der Waals surface area contributed by atoms with Crippen molar-refractivity contribution in [3.8, 4) is 17.0 Å². The number of pyridine rings is 1. The molecule has 0 aromatic carbocycles. The van der Waals surface area contributed by atoms with Gasteiger partial charge in [-0.15, -0.1) is 13.2 Å². The number of anilines is 1. The molecule has 2 aromatic rings. The maximum absolute atomic E-state index is 12.6. The first-order chi connectivity index (χ1) is 13.2. The fraction of sp³-hybridized carbons (Fsp3) is 0.579. The molecule has 2 fully saturated rings. The van der Waals surface area contributed by atoms with Gasteiger partial charge in [-0.25, -0.2) is 9.97 Å². The van der Waals surface area contributed by atoms with Gasteiger partial charge >= 0.3 is 6.36 Å². The molecule has 1 saturated carbocycles. The van der Waals surface area contributed by atoms with Gasteiger partial charge in [0.2, 0.25) is 0 Å². The SMILES string of the molecule is CCN1C[C@@H]2[C@H](C1)[C@H]2n1cc(-c2cnc(N)c(OC(F)(F)F)c2)nc1C(C)C. The molecule has 1 aliphatic heterocycles. The molecule has 9 heteroatoms. The van der Waals surface area contributed by atoms with E-state index in [1.807, 2.05) is 6.20 Å². The van der Waals surface area contributed by atoms with Crippen molar-refractivity contribution in [1.29, 1.82) is 0 Å². The molecule has 2 N–H and O–H groups in total. The second kappa shape index (κ2) is 6.65. The monoisotopic (exact) mass is 395 g/mol. The normalized spacial score (nSPS) is 24.6. The van der Waals surface area contributed by atoms with E-state index in [1.165, 1.54) is 12.3 Å². The van der Waals surface area contributed by atoms with Crippen LogP contribution in [0.3, 0.4) is 0 Å². The van der Waals surface area contributed by atoms with E-state index in [-0.39, 0.29) is 11.7 Å². The van der Waals surface area contributed by atoms with Gasteiger partial charge in [-0.1, -0.05) is 20.8 Å². The number of alkyl halides is 3. The standard InChI is InChI=1S/C19H24F3N5O/c1-4-26-7-12-13(8-26)16(12)27-9-14(25-18(27)10(2)3)11-5-15(17(23)24-6-11)28-19(20,21)22/h5-6,9-10,12-13,16H,4,7-8H2,1-3H3,(H2,23,24)/t12-,13+,16+. The Morgan fingerprint density at radius 2 is 1.96 bits per heavy atom. The quantitative estimate of drug-likeness (QED) is 0.837. The number of nitrogens with zero attached hydrogens (tertiary/aromatic N) is 4. The third-order valence-electron chi connectivity index (χ3n) is 5.67. The van der Waals surface area contributed by atoms with Crippen molar-refractivity contribution >= 4 is 5.82 Å². The topological polar surface area (TPSA) is 69.2 Å². The van der Waals surface area contributed by atoms with Gasteiger partial charge in [0.15, 0.2) is 11.6 Å². The van der Waals surface area contributed by atoms with Crippen LogP contribution in [0.5, 0.6) is 5.75 Å². The average Bonchev–Trinajstić information content (AvgIpc) is 3.00. The lowest BCUT2D eigenvalue weighted by molar-refractivity contribution is -0.274. The number of aromatic nitrogens is 3. The number of halogens is 3. The average molecular weight is 395 g/mol. The number of likely N-dealkylation sites (tertiary alicyclic amines) is 1. The number of hydrogen-bond acceptors (Lipinski definition) is 5. The Bertz CT molecular complexity index is 867. The van der Waals surface area contributed by atoms with Crippen LogP contribution in [0.2, 0.25) is 0 Å². The summed E-state index contributed by atoms with van der Waals surface area (Å²) in [5, 5.41) is 0. The molecule has 3 atom stereocenters. The van der Waals surface area contributed by atoms with E-state index in [0.29, 0.717) is 29.1 Å². The molecule has 1 aliphatic carbocycles. The summed E-state index contributed by atoms with van der Waals surface area (Å²) in [6.45, 7) is 9.54. The molecule has 2 aliphatic rings. The summed E-state index contributed by atoms with van der Waals surface area (Å²) in [4.78, 5) is 11.0. The van der Waals surface area contributed by atoms with E-state index in [0.717, 1.165) is 25.5 Å². The maximum atomic E-state index is 12.6. The van der Waals surface area contributed by atoms with Crippen molar-refractivity contribution in [1.82, 2.24) is 19.4 Å². The van der Waals surface area contributed by atoms with E-state index < -0.39 is 12.1 Å². The fourth-order valence-electron chi connectivity index (χ4n) is 4.27. The lowest BCUT2D eigenvalue weighted by Gasteiger charge is -2.19. The van der Waals surface area contributed by atoms with Crippen molar-refractivity contribution in [2.24, 2.45) is 11.8 Å². The van der Waals surface area contributed by atoms with E-state index in [1.54, 1.807) is 0 Å². The molecule has 3 heterocycles. The highest BCUT2D eigenvalue weighted by Crippen LogP contribution is 2.56. The van der Waals surface area contributed by atoms with Gasteiger partial charge in [-0.3, -0.25) is 0 Å². The molecule has 0 bridgehead atoms. The third kappa shape index (κ3) is 3.43. The molecule has 1 saturated heterocycles. The van der Waals surface area contributed by atoms with Crippen molar-refractivity contribution < 1.29 is 17.9 Å². The highest BCUT2D eigenvalue weighted by atomic mass is 19.4. The third-order valence-corrected chi connectivity index (χ3v) is 5.67. The van der Waals surface area contributed by atoms with E-state index in [4.69, 9.17) is 10.7 Å². The van der Waals surface area contributed by atoms with Crippen LogP contribution >= 0.6 is 0 Å². The first-order valence-corrected chi connectivity index (χ1v) is 9.50. The van der Waals surface area contributed by atoms with Gasteiger partial charge in [0.05, 0.1) is 5.69 Å². The van der Waals surface area contributed by atoms with Crippen LogP contribution in [0.1, 0.15) is 38.6 Å². The van der Waals surface area contributed by atoms with Gasteiger partial charge in [-0.05, 0) is 24.4 Å². The molecule has 152 valence electrons. The summed E-state index contributed by atoms with van der Waals surface area (Å²) in [5.41, 5.74) is 6.58. The van der Waals surface area contributed by atoms with E-state index in [2.05, 4.69) is 40.0 Å². The largest absolute Gasteiger partial charge is 0.573 e. The molecular weight excluding hydrogens is 371 g/mol. The lowest BCUT2D eigenvalue weighted by atomic mass is 10.2. The van der Waals surface area contributed by atoms with Crippen molar-refractivity contribution in [3.63, 3.8) is 0 Å². The number of rotatable bonds is 5. The molecule has 2 aromatic heterocycles. The Morgan fingerprint density at radius 3 is 2.54 bits per heavy atom. The molecule has 4 rings (SSSR count). The summed E-state index contributed by atoms with van der Waals surface area (Å²) in [6, 6.07) is 1.66. The van der Waals surface area contributed by atoms with Gasteiger partial charge in [-0.2, -0.15) is 0 Å². The first kappa shape index (κ1) is 19.0. The zero-order valence-corrected chi connectivity index (χ0v) is 16.1. The Kier molecular flexibility index (Phi) is 4.52. The van der Waals surface area contributed by atoms with E-state index in [9.17, 15) is 13.2 Å². The Morgan fingerprint density at radius 1 is 1.29 bits per heavy atom. The fourth-order valence-corrected chi connectivity index (χ4v) is 4.27. The minimum Gasteiger partial charge on any atom is -0.402 e. The first-order valence-electron chi connectivity index (χ1n) is 9.50. The van der Waals surface area contributed by atoms with Crippen LogP contribution in [0.25, 0.3) is 11.3 Å². The van der Waals surface area contributed by atoms with Crippen molar-refractivity contribution in [2.75, 3.05) is 25.4 Å². The summed E-state index contributed by atoms with van der Waals surface area (Å²) < 4.78 is 44.0. The van der Waals surface area contributed by atoms with Crippen molar-refractivity contribution in [3.05, 3.63) is 24.3 Å². The number of nitrogen functional groups attached to an aromatic ring is 1. The maximum Gasteiger partial charge on any atom is 0.573 e. The minimum absolute atomic E-state index is 0.199. The van der Waals surface area contributed by atoms with Crippen LogP contribution in [0, 0.1) is 11.8 Å². The van der Waals surface area contributed by atoms with Gasteiger partial charge in [0.1, 0.15) is 5.82 Å². The number of piperidine rings is 1. The Hall–Kier alpha value is -2.29. The number of nitrogens with two attached hydrogens (primary N) is 1. The van der Waals surface area contributed by atoms with Crippen LogP contribution in [0.15, 0.2) is 18.5 Å². The van der Waals surface area contributed by atoms with Gasteiger partial charge < -0.3 is 19.9 Å². The molecule has 28 heavy (non-hydrogen) atoms. The van der Waals surface area contributed by atoms with Crippen LogP contribution in [0.4, 0.5) is 19.0 Å². The molecule has 0 radical (unpaired) electrons. The van der Waals surface area contributed by atoms with Gasteiger partial charge in [0, 0.05) is 43.0 Å². The number of hydrogen-bond donors (Lipinski definition) is 1. The zero-order valence-electron chi connectivity index (χ0n) is 16.1. The zero-order chi connectivity index (χ0) is 20.2. The molecule has 0 unspecified atom stereocenters. The molecule has 0 amide bonds. The highest BCUT2D eigenvalue weighted by Gasteiger charge is 2.57. The van der Waals surface area contributed by atoms with Crippen LogP contribution in [-0.4, -0.2) is 45.4 Å². The Labute approximate surface area is 161 Å². The van der Waals surface area contributed by atoms with Crippen LogP contribution in [-0.2, 0) is 0 Å². The number of fused-ring (bicyclic) bond motifs is 1. The predicted molar refractivity (Wildman–Crippen MR) is 98.8 cm³/mol. The second-order valence-electron chi connectivity index (χ2n) is 7.87. The van der Waals surface area contributed by atoms with Gasteiger partial charge in [0.25, 0.3) is 0 Å². The van der Waals surface area contributed by atoms with Crippen molar-refractivity contribution in [2.45, 2.75) is 39.1 Å². The summed E-state index contributed by atoms with van der Waals surface area (Å²) >= 11 is 0. The lowest BCUT2D eigenvalue weighted by Crippen LogP contribution is -2.25. The number of imidazole rings is 1. The summed E-state index contributed by atoms with van der Waals surface area (Å²) in [5.74, 6) is 1.56. The predicted octanol–water partition coefficient (Wildman–Crippen LogP) is 3.67. The molecule has 6 nitrogen and oxygen atoms in total. The smallest absolute Gasteiger partial charge is 0.402 e. The second-order valence-corrected chi connectivity index (χ2v) is 7.87. The van der Waals surface area contributed by atoms with E-state index >= 15 is 0 Å². The molecular formula is C19H24F3N5O. The highest BCUT2D eigenvalue weighted by molar-refractivity contribution is 5.64. The summed E-state index contributed by atoms with van der Waals surface area (Å²) in [6.07, 6.45) is -1.46. The molecule has 0 spiro atoms. The minimum atomic E-state index is -4.83. The Balaban J connectivity index is 1.64.